The molecule has 186 valence electrons. The summed E-state index contributed by atoms with van der Waals surface area (Å²) in [5.74, 6) is -0.893. The van der Waals surface area contributed by atoms with Gasteiger partial charge in [0.2, 0.25) is 5.91 Å². The minimum Gasteiger partial charge on any atom is -0.445 e. The monoisotopic (exact) mass is 503 g/mol. The van der Waals surface area contributed by atoms with Gasteiger partial charge in [-0.2, -0.15) is 8.42 Å². The van der Waals surface area contributed by atoms with E-state index in [4.69, 9.17) is 9.88 Å². The Labute approximate surface area is 202 Å². The van der Waals surface area contributed by atoms with Crippen LogP contribution in [0.4, 0.5) is 14.9 Å². The third kappa shape index (κ3) is 8.59. The fraction of sp³-hybridized carbons (Fsp3) is 0.261. The van der Waals surface area contributed by atoms with E-state index >= 15 is 0 Å². The fourth-order valence-corrected chi connectivity index (χ4v) is 3.72. The number of halogens is 1. The van der Waals surface area contributed by atoms with E-state index in [0.717, 1.165) is 5.39 Å². The van der Waals surface area contributed by atoms with Crippen molar-refractivity contribution in [3.63, 3.8) is 0 Å². The molecule has 1 unspecified atom stereocenters. The number of pyridine rings is 1. The number of alkyl carbamates (subject to hydrolysis) is 1. The second-order valence-electron chi connectivity index (χ2n) is 7.70. The molecule has 0 spiro atoms. The molecule has 1 heterocycles. The molecule has 35 heavy (non-hydrogen) atoms. The van der Waals surface area contributed by atoms with Crippen LogP contribution in [-0.4, -0.2) is 38.0 Å². The van der Waals surface area contributed by atoms with Crippen molar-refractivity contribution in [3.05, 3.63) is 72.2 Å². The largest absolute Gasteiger partial charge is 0.445 e. The van der Waals surface area contributed by atoms with E-state index in [0.29, 0.717) is 29.6 Å². The van der Waals surface area contributed by atoms with Crippen molar-refractivity contribution in [2.24, 2.45) is 5.14 Å². The van der Waals surface area contributed by atoms with E-state index in [1.165, 1.54) is 24.3 Å². The highest BCUT2D eigenvalue weighted by atomic mass is 32.2. The molecule has 0 bridgehead atoms. The van der Waals surface area contributed by atoms with E-state index in [2.05, 4.69) is 20.3 Å². The van der Waals surface area contributed by atoms with Crippen LogP contribution in [-0.2, 0) is 26.3 Å². The molecule has 3 rings (SSSR count). The Morgan fingerprint density at radius 1 is 1.06 bits per heavy atom. The van der Waals surface area contributed by atoms with Crippen LogP contribution in [0, 0.1) is 5.82 Å². The van der Waals surface area contributed by atoms with Crippen LogP contribution in [0.5, 0.6) is 0 Å². The molecule has 0 aliphatic rings. The maximum atomic E-state index is 13.0. The van der Waals surface area contributed by atoms with Gasteiger partial charge in [0, 0.05) is 18.1 Å². The van der Waals surface area contributed by atoms with Gasteiger partial charge in [-0.1, -0.05) is 30.3 Å². The predicted molar refractivity (Wildman–Crippen MR) is 129 cm³/mol. The van der Waals surface area contributed by atoms with Crippen LogP contribution in [0.15, 0.2) is 60.8 Å². The molecule has 1 atom stereocenters. The quantitative estimate of drug-likeness (QED) is 0.295. The van der Waals surface area contributed by atoms with Gasteiger partial charge in [-0.05, 0) is 49.1 Å². The molecular formula is C23H26FN5O5S. The lowest BCUT2D eigenvalue weighted by Crippen LogP contribution is -2.44. The van der Waals surface area contributed by atoms with Gasteiger partial charge < -0.3 is 15.4 Å². The number of ether oxygens (including phenoxy) is 1. The number of rotatable bonds is 11. The van der Waals surface area contributed by atoms with Gasteiger partial charge in [0.1, 0.15) is 18.5 Å². The zero-order valence-electron chi connectivity index (χ0n) is 18.7. The lowest BCUT2D eigenvalue weighted by atomic mass is 10.1. The molecule has 12 heteroatoms. The molecule has 0 aliphatic heterocycles. The summed E-state index contributed by atoms with van der Waals surface area (Å²) in [5.41, 5.74) is 1.66. The number of para-hydroxylation sites is 1. The van der Waals surface area contributed by atoms with Crippen molar-refractivity contribution in [2.45, 2.75) is 31.9 Å². The van der Waals surface area contributed by atoms with Gasteiger partial charge in [-0.25, -0.2) is 19.0 Å². The average molecular weight is 504 g/mol. The standard InChI is InChI=1S/C23H26FN5O5S/c24-18-11-9-16(10-12-18)15-34-23(31)29-20(7-1-2-14-27-35(25,32)33)22(30)28-19-8-3-5-17-6-4-13-26-21(17)19/h3-6,8-13,20,27H,1-2,7,14-15H2,(H,28,30)(H,29,31)(H2,25,32,33). The number of anilines is 1. The highest BCUT2D eigenvalue weighted by Gasteiger charge is 2.22. The second kappa shape index (κ2) is 12.2. The number of unbranched alkanes of at least 4 members (excludes halogenated alkanes) is 1. The van der Waals surface area contributed by atoms with Crippen molar-refractivity contribution in [1.82, 2.24) is 15.0 Å². The Morgan fingerprint density at radius 2 is 1.80 bits per heavy atom. The first-order valence-corrected chi connectivity index (χ1v) is 12.4. The Hall–Kier alpha value is -3.61. The summed E-state index contributed by atoms with van der Waals surface area (Å²) in [4.78, 5) is 29.7. The molecule has 0 saturated heterocycles. The maximum Gasteiger partial charge on any atom is 0.408 e. The third-order valence-corrected chi connectivity index (χ3v) is 5.61. The molecule has 1 aromatic heterocycles. The summed E-state index contributed by atoms with van der Waals surface area (Å²) in [6, 6.07) is 13.5. The average Bonchev–Trinajstić information content (AvgIpc) is 2.82. The number of hydrogen-bond acceptors (Lipinski definition) is 6. The Balaban J connectivity index is 1.64. The predicted octanol–water partition coefficient (Wildman–Crippen LogP) is 2.57. The van der Waals surface area contributed by atoms with Crippen LogP contribution in [0.25, 0.3) is 10.9 Å². The fourth-order valence-electron chi connectivity index (χ4n) is 3.30. The minimum absolute atomic E-state index is 0.0927. The molecule has 0 saturated carbocycles. The number of benzene rings is 2. The third-order valence-electron chi connectivity index (χ3n) is 5.01. The number of hydrogen-bond donors (Lipinski definition) is 4. The van der Waals surface area contributed by atoms with Gasteiger partial charge in [-0.3, -0.25) is 9.78 Å². The highest BCUT2D eigenvalue weighted by Crippen LogP contribution is 2.21. The summed E-state index contributed by atoms with van der Waals surface area (Å²) >= 11 is 0. The van der Waals surface area contributed by atoms with Crippen LogP contribution < -0.4 is 20.5 Å². The van der Waals surface area contributed by atoms with E-state index in [1.54, 1.807) is 24.4 Å². The number of nitrogens with two attached hydrogens (primary N) is 1. The van der Waals surface area contributed by atoms with E-state index in [1.807, 2.05) is 12.1 Å². The number of nitrogens with one attached hydrogen (secondary N) is 3. The maximum absolute atomic E-state index is 13.0. The molecule has 0 radical (unpaired) electrons. The first-order valence-electron chi connectivity index (χ1n) is 10.8. The van der Waals surface area contributed by atoms with Gasteiger partial charge in [-0.15, -0.1) is 0 Å². The summed E-state index contributed by atoms with van der Waals surface area (Å²) < 4.78 is 42.4. The Morgan fingerprint density at radius 3 is 2.54 bits per heavy atom. The molecule has 0 aliphatic carbocycles. The number of amides is 2. The lowest BCUT2D eigenvalue weighted by Gasteiger charge is -2.19. The van der Waals surface area contributed by atoms with E-state index in [-0.39, 0.29) is 19.6 Å². The summed E-state index contributed by atoms with van der Waals surface area (Å²) in [5, 5.41) is 11.1. The van der Waals surface area contributed by atoms with Crippen molar-refractivity contribution in [1.29, 1.82) is 0 Å². The molecule has 0 fully saturated rings. The Kier molecular flexibility index (Phi) is 9.06. The van der Waals surface area contributed by atoms with Gasteiger partial charge in [0.05, 0.1) is 11.2 Å². The first kappa shape index (κ1) is 26.0. The number of carbonyl (C=O) groups is 2. The number of nitrogens with zero attached hydrogens (tertiary/aromatic N) is 1. The molecule has 10 nitrogen and oxygen atoms in total. The van der Waals surface area contributed by atoms with E-state index < -0.39 is 34.1 Å². The van der Waals surface area contributed by atoms with Gasteiger partial charge in [0.15, 0.2) is 0 Å². The van der Waals surface area contributed by atoms with Crippen LogP contribution in [0.1, 0.15) is 24.8 Å². The zero-order chi connectivity index (χ0) is 25.3. The normalized spacial score (nSPS) is 12.2. The first-order chi connectivity index (χ1) is 16.7. The molecular weight excluding hydrogens is 477 g/mol. The molecule has 2 amide bonds. The number of aromatic nitrogens is 1. The van der Waals surface area contributed by atoms with Gasteiger partial charge >= 0.3 is 6.09 Å². The topological polar surface area (TPSA) is 153 Å². The Bertz CT molecular complexity index is 1270. The van der Waals surface area contributed by atoms with E-state index in [9.17, 15) is 22.4 Å². The van der Waals surface area contributed by atoms with Crippen molar-refractivity contribution < 1.29 is 27.1 Å². The summed E-state index contributed by atoms with van der Waals surface area (Å²) in [6.07, 6.45) is 1.80. The SMILES string of the molecule is NS(=O)(=O)NCCCCC(NC(=O)OCc1ccc(F)cc1)C(=O)Nc1cccc2cccnc12. The van der Waals surface area contributed by atoms with Crippen molar-refractivity contribution in [2.75, 3.05) is 11.9 Å². The lowest BCUT2D eigenvalue weighted by molar-refractivity contribution is -0.118. The highest BCUT2D eigenvalue weighted by molar-refractivity contribution is 7.87. The van der Waals surface area contributed by atoms with Crippen LogP contribution in [0.2, 0.25) is 0 Å². The smallest absolute Gasteiger partial charge is 0.408 e. The molecule has 3 aromatic rings. The summed E-state index contributed by atoms with van der Waals surface area (Å²) in [7, 11) is -3.81. The summed E-state index contributed by atoms with van der Waals surface area (Å²) in [6.45, 7) is -0.0125. The number of fused-ring (bicyclic) bond motifs is 1. The minimum atomic E-state index is -3.81. The zero-order valence-corrected chi connectivity index (χ0v) is 19.6. The molecule has 5 N–H and O–H groups in total. The second-order valence-corrected chi connectivity index (χ2v) is 9.08. The van der Waals surface area contributed by atoms with Crippen LogP contribution in [0.3, 0.4) is 0 Å². The molecule has 2 aromatic carbocycles. The van der Waals surface area contributed by atoms with Crippen LogP contribution >= 0.6 is 0 Å². The van der Waals surface area contributed by atoms with Crippen molar-refractivity contribution in [3.8, 4) is 0 Å². The van der Waals surface area contributed by atoms with Crippen molar-refractivity contribution >= 4 is 38.8 Å². The van der Waals surface area contributed by atoms with Gasteiger partial charge in [0.25, 0.3) is 10.2 Å². The number of carbonyl (C=O) groups excluding carboxylic acids is 2.